The molecule has 1 aromatic heterocycles. The van der Waals surface area contributed by atoms with Gasteiger partial charge in [-0.3, -0.25) is 0 Å². The fourth-order valence-electron chi connectivity index (χ4n) is 6.37. The predicted molar refractivity (Wildman–Crippen MR) is 190 cm³/mol. The van der Waals surface area contributed by atoms with Crippen LogP contribution in [0.15, 0.2) is 164 Å². The Kier molecular flexibility index (Phi) is 6.43. The van der Waals surface area contributed by atoms with E-state index in [1.165, 1.54) is 10.9 Å². The van der Waals surface area contributed by atoms with Gasteiger partial charge in [0.25, 0.3) is 0 Å². The van der Waals surface area contributed by atoms with Gasteiger partial charge in [-0.1, -0.05) is 140 Å². The van der Waals surface area contributed by atoms with Gasteiger partial charge < -0.3 is 4.74 Å². The van der Waals surface area contributed by atoms with Crippen molar-refractivity contribution in [2.45, 2.75) is 0 Å². The Morgan fingerprint density at radius 1 is 0.319 bits per heavy atom. The molecule has 0 N–H and O–H groups in total. The molecule has 4 heteroatoms. The quantitative estimate of drug-likeness (QED) is 0.197. The number of hydrogen-bond acceptors (Lipinski definition) is 4. The molecule has 47 heavy (non-hydrogen) atoms. The normalized spacial score (nSPS) is 11.6. The minimum absolute atomic E-state index is 0.632. The van der Waals surface area contributed by atoms with Gasteiger partial charge in [-0.15, -0.1) is 0 Å². The molecular weight excluding hydrogens is 574 g/mol. The Morgan fingerprint density at radius 3 is 1.57 bits per heavy atom. The highest BCUT2D eigenvalue weighted by atomic mass is 16.5. The molecular formula is C43H27N3O. The van der Waals surface area contributed by atoms with Crippen molar-refractivity contribution >= 4 is 10.8 Å². The zero-order valence-electron chi connectivity index (χ0n) is 25.3. The molecule has 0 fully saturated rings. The second-order valence-electron chi connectivity index (χ2n) is 11.7. The number of aromatic nitrogens is 3. The average molecular weight is 602 g/mol. The van der Waals surface area contributed by atoms with E-state index in [9.17, 15) is 0 Å². The Hall–Kier alpha value is -6.39. The molecule has 0 aliphatic carbocycles. The highest BCUT2D eigenvalue weighted by Gasteiger charge is 2.20. The first kappa shape index (κ1) is 27.0. The molecule has 0 saturated heterocycles. The molecule has 4 nitrogen and oxygen atoms in total. The molecule has 0 saturated carbocycles. The summed E-state index contributed by atoms with van der Waals surface area (Å²) >= 11 is 0. The summed E-state index contributed by atoms with van der Waals surface area (Å²) in [5.74, 6) is 3.69. The summed E-state index contributed by atoms with van der Waals surface area (Å²) in [5, 5.41) is 2.34. The second kappa shape index (κ2) is 11.2. The summed E-state index contributed by atoms with van der Waals surface area (Å²) < 4.78 is 6.32. The lowest BCUT2D eigenvalue weighted by molar-refractivity contribution is 0.487. The second-order valence-corrected chi connectivity index (χ2v) is 11.7. The summed E-state index contributed by atoms with van der Waals surface area (Å²) in [6.07, 6.45) is 0. The average Bonchev–Trinajstić information content (AvgIpc) is 3.16. The minimum Gasteiger partial charge on any atom is -0.456 e. The third kappa shape index (κ3) is 4.93. The predicted octanol–water partition coefficient (Wildman–Crippen LogP) is 11.1. The number of nitrogens with zero attached hydrogens (tertiary/aromatic N) is 3. The van der Waals surface area contributed by atoms with Gasteiger partial charge in [0.15, 0.2) is 17.5 Å². The maximum atomic E-state index is 6.32. The summed E-state index contributed by atoms with van der Waals surface area (Å²) in [5.41, 5.74) is 9.60. The summed E-state index contributed by atoms with van der Waals surface area (Å²) in [7, 11) is 0. The molecule has 0 spiro atoms. The first-order valence-corrected chi connectivity index (χ1v) is 15.7. The standard InChI is InChI=1S/C43H27N3O/c1-3-10-28(11-4-1)33-16-7-17-35(26-33)43-45-41(31-12-5-2-6-13-31)44-42(46-43)32-22-20-29(21-23-32)34-24-25-38-37(27-34)36-18-8-14-30-15-9-19-39(47-38)40(30)36/h1-27H. The Labute approximate surface area is 272 Å². The number of fused-ring (bicyclic) bond motifs is 2. The molecule has 0 radical (unpaired) electrons. The summed E-state index contributed by atoms with van der Waals surface area (Å²) in [6, 6.07) is 56.3. The highest BCUT2D eigenvalue weighted by molar-refractivity contribution is 6.04. The molecule has 7 aromatic carbocycles. The van der Waals surface area contributed by atoms with Crippen LogP contribution in [0, 0.1) is 0 Å². The van der Waals surface area contributed by atoms with Crippen LogP contribution in [0.3, 0.4) is 0 Å². The van der Waals surface area contributed by atoms with Crippen molar-refractivity contribution in [3.63, 3.8) is 0 Å². The summed E-state index contributed by atoms with van der Waals surface area (Å²) in [6.45, 7) is 0. The first-order valence-electron chi connectivity index (χ1n) is 15.7. The lowest BCUT2D eigenvalue weighted by Gasteiger charge is -2.22. The minimum atomic E-state index is 0.632. The fraction of sp³-hybridized carbons (Fsp3) is 0. The van der Waals surface area contributed by atoms with E-state index >= 15 is 0 Å². The van der Waals surface area contributed by atoms with Gasteiger partial charge in [0.1, 0.15) is 11.5 Å². The SMILES string of the molecule is c1ccc(-c2cccc(-c3nc(-c4ccccc4)nc(-c4ccc(-c5ccc6c(c5)-c5cccc7cccc(c57)O6)cc4)n3)c2)cc1. The lowest BCUT2D eigenvalue weighted by Crippen LogP contribution is -2.00. The van der Waals surface area contributed by atoms with E-state index in [4.69, 9.17) is 19.7 Å². The van der Waals surface area contributed by atoms with Gasteiger partial charge in [0, 0.05) is 27.6 Å². The molecule has 0 bridgehead atoms. The largest absolute Gasteiger partial charge is 0.456 e. The van der Waals surface area contributed by atoms with E-state index in [1.807, 2.05) is 48.5 Å². The third-order valence-corrected chi connectivity index (χ3v) is 8.73. The van der Waals surface area contributed by atoms with Crippen LogP contribution in [0.5, 0.6) is 11.5 Å². The molecule has 0 atom stereocenters. The number of rotatable bonds is 5. The molecule has 8 aromatic rings. The fourth-order valence-corrected chi connectivity index (χ4v) is 6.37. The van der Waals surface area contributed by atoms with Gasteiger partial charge in [0.05, 0.1) is 0 Å². The van der Waals surface area contributed by atoms with Gasteiger partial charge in [0.2, 0.25) is 0 Å². The van der Waals surface area contributed by atoms with Crippen LogP contribution in [-0.4, -0.2) is 15.0 Å². The van der Waals surface area contributed by atoms with Crippen molar-refractivity contribution in [3.8, 4) is 79.0 Å². The van der Waals surface area contributed by atoms with Crippen LogP contribution >= 0.6 is 0 Å². The topological polar surface area (TPSA) is 47.9 Å². The van der Waals surface area contributed by atoms with Crippen molar-refractivity contribution in [1.29, 1.82) is 0 Å². The first-order chi connectivity index (χ1) is 23.3. The van der Waals surface area contributed by atoms with Gasteiger partial charge >= 0.3 is 0 Å². The van der Waals surface area contributed by atoms with Crippen LogP contribution < -0.4 is 4.74 Å². The van der Waals surface area contributed by atoms with Crippen molar-refractivity contribution in [2.24, 2.45) is 0 Å². The van der Waals surface area contributed by atoms with Crippen LogP contribution in [-0.2, 0) is 0 Å². The van der Waals surface area contributed by atoms with E-state index in [0.29, 0.717) is 17.5 Å². The van der Waals surface area contributed by atoms with E-state index in [2.05, 4.69) is 115 Å². The van der Waals surface area contributed by atoms with Crippen molar-refractivity contribution in [1.82, 2.24) is 15.0 Å². The summed E-state index contributed by atoms with van der Waals surface area (Å²) in [4.78, 5) is 14.9. The van der Waals surface area contributed by atoms with Crippen LogP contribution in [0.2, 0.25) is 0 Å². The van der Waals surface area contributed by atoms with Crippen molar-refractivity contribution < 1.29 is 4.74 Å². The van der Waals surface area contributed by atoms with E-state index in [1.54, 1.807) is 0 Å². The zero-order chi connectivity index (χ0) is 31.2. The Bertz CT molecular complexity index is 2420. The maximum Gasteiger partial charge on any atom is 0.164 e. The highest BCUT2D eigenvalue weighted by Crippen LogP contribution is 2.47. The molecule has 0 unspecified atom stereocenters. The Balaban J connectivity index is 1.10. The molecule has 0 amide bonds. The molecule has 1 aliphatic rings. The van der Waals surface area contributed by atoms with E-state index < -0.39 is 0 Å². The smallest absolute Gasteiger partial charge is 0.164 e. The van der Waals surface area contributed by atoms with Gasteiger partial charge in [-0.05, 0) is 57.5 Å². The van der Waals surface area contributed by atoms with Gasteiger partial charge in [-0.2, -0.15) is 0 Å². The van der Waals surface area contributed by atoms with E-state index in [0.717, 1.165) is 61.4 Å². The van der Waals surface area contributed by atoms with E-state index in [-0.39, 0.29) is 0 Å². The third-order valence-electron chi connectivity index (χ3n) is 8.73. The number of hydrogen-bond donors (Lipinski definition) is 0. The Morgan fingerprint density at radius 2 is 0.830 bits per heavy atom. The van der Waals surface area contributed by atoms with Crippen LogP contribution in [0.1, 0.15) is 0 Å². The molecule has 9 rings (SSSR count). The molecule has 1 aliphatic heterocycles. The van der Waals surface area contributed by atoms with Gasteiger partial charge in [-0.25, -0.2) is 15.0 Å². The monoisotopic (exact) mass is 601 g/mol. The maximum absolute atomic E-state index is 6.32. The molecule has 2 heterocycles. The van der Waals surface area contributed by atoms with Crippen LogP contribution in [0.25, 0.3) is 78.3 Å². The number of ether oxygens (including phenoxy) is 1. The number of benzene rings is 7. The van der Waals surface area contributed by atoms with Crippen LogP contribution in [0.4, 0.5) is 0 Å². The zero-order valence-corrected chi connectivity index (χ0v) is 25.3. The lowest BCUT2D eigenvalue weighted by atomic mass is 9.92. The van der Waals surface area contributed by atoms with Crippen molar-refractivity contribution in [3.05, 3.63) is 164 Å². The molecule has 220 valence electrons. The van der Waals surface area contributed by atoms with Crippen molar-refractivity contribution in [2.75, 3.05) is 0 Å².